The van der Waals surface area contributed by atoms with Crippen LogP contribution in [0, 0.1) is 0 Å². The van der Waals surface area contributed by atoms with Crippen molar-refractivity contribution in [3.8, 4) is 10.8 Å². The number of hydrogen-bond donors (Lipinski definition) is 1. The molecule has 0 bridgehead atoms. The fourth-order valence-electron chi connectivity index (χ4n) is 3.24. The van der Waals surface area contributed by atoms with Gasteiger partial charge in [-0.05, 0) is 30.7 Å². The van der Waals surface area contributed by atoms with Crippen molar-refractivity contribution in [2.75, 3.05) is 12.3 Å². The van der Waals surface area contributed by atoms with E-state index in [1.165, 1.54) is 23.1 Å². The lowest BCUT2D eigenvalue weighted by Gasteiger charge is -2.20. The van der Waals surface area contributed by atoms with Gasteiger partial charge in [0.2, 0.25) is 17.7 Å². The third-order valence-electron chi connectivity index (χ3n) is 4.97. The molecule has 10 nitrogen and oxygen atoms in total. The molecule has 1 saturated carbocycles. The summed E-state index contributed by atoms with van der Waals surface area (Å²) in [5.74, 6) is 1.90. The second-order valence-corrected chi connectivity index (χ2v) is 9.46. The molecule has 0 unspecified atom stereocenters. The lowest BCUT2D eigenvalue weighted by molar-refractivity contribution is -0.129. The molecule has 0 spiro atoms. The summed E-state index contributed by atoms with van der Waals surface area (Å²) >= 11 is 2.84. The van der Waals surface area contributed by atoms with E-state index in [9.17, 15) is 9.59 Å². The van der Waals surface area contributed by atoms with Gasteiger partial charge in [-0.1, -0.05) is 24.8 Å². The van der Waals surface area contributed by atoms with E-state index in [2.05, 4.69) is 20.4 Å². The van der Waals surface area contributed by atoms with Crippen LogP contribution in [0.4, 0.5) is 0 Å². The molecule has 4 rings (SSSR count). The molecule has 170 valence electrons. The summed E-state index contributed by atoms with van der Waals surface area (Å²) in [5, 5.41) is 19.3. The predicted molar refractivity (Wildman–Crippen MR) is 120 cm³/mol. The Balaban J connectivity index is 1.40. The number of thiophene rings is 1. The number of carbonyl (C=O) groups is 2. The van der Waals surface area contributed by atoms with Crippen molar-refractivity contribution < 1.29 is 14.0 Å². The van der Waals surface area contributed by atoms with E-state index in [4.69, 9.17) is 10.2 Å². The van der Waals surface area contributed by atoms with E-state index < -0.39 is 0 Å². The molecule has 0 radical (unpaired) electrons. The highest BCUT2D eigenvalue weighted by atomic mass is 32.2. The first kappa shape index (κ1) is 22.5. The maximum Gasteiger partial charge on any atom is 0.257 e. The summed E-state index contributed by atoms with van der Waals surface area (Å²) in [5.41, 5.74) is 5.32. The first-order valence-electron chi connectivity index (χ1n) is 10.5. The van der Waals surface area contributed by atoms with E-state index in [-0.39, 0.29) is 30.5 Å². The average Bonchev–Trinajstić information content (AvgIpc) is 3.17. The van der Waals surface area contributed by atoms with Crippen molar-refractivity contribution in [3.63, 3.8) is 0 Å². The Morgan fingerprint density at radius 1 is 1.31 bits per heavy atom. The molecule has 32 heavy (non-hydrogen) atoms. The number of nitrogens with two attached hydrogens (primary N) is 1. The Morgan fingerprint density at radius 3 is 2.84 bits per heavy atom. The molecule has 3 aromatic rings. The molecule has 12 heteroatoms. The van der Waals surface area contributed by atoms with Crippen molar-refractivity contribution in [2.45, 2.75) is 56.8 Å². The number of carbonyl (C=O) groups excluding carboxylic acids is 2. The van der Waals surface area contributed by atoms with Crippen LogP contribution in [0.5, 0.6) is 0 Å². The van der Waals surface area contributed by atoms with Crippen LogP contribution in [-0.2, 0) is 22.7 Å². The first-order valence-corrected chi connectivity index (χ1v) is 12.4. The zero-order valence-corrected chi connectivity index (χ0v) is 19.4. The highest BCUT2D eigenvalue weighted by molar-refractivity contribution is 7.99. The monoisotopic (exact) mass is 475 g/mol. The van der Waals surface area contributed by atoms with Crippen molar-refractivity contribution in [2.24, 2.45) is 5.73 Å². The van der Waals surface area contributed by atoms with Crippen molar-refractivity contribution in [1.29, 1.82) is 0 Å². The molecule has 2 amide bonds. The highest BCUT2D eigenvalue weighted by Gasteiger charge is 2.30. The summed E-state index contributed by atoms with van der Waals surface area (Å²) in [4.78, 5) is 26.8. The van der Waals surface area contributed by atoms with Crippen molar-refractivity contribution >= 4 is 34.9 Å². The number of nitrogens with zero attached hydrogens (tertiary/aromatic N) is 6. The van der Waals surface area contributed by atoms with Crippen LogP contribution in [0.15, 0.2) is 27.1 Å². The summed E-state index contributed by atoms with van der Waals surface area (Å²) in [6.45, 7) is 3.28. The molecule has 1 fully saturated rings. The van der Waals surface area contributed by atoms with Crippen LogP contribution in [0.2, 0.25) is 0 Å². The second-order valence-electron chi connectivity index (χ2n) is 7.57. The number of primary amides is 1. The minimum absolute atomic E-state index is 0.0508. The van der Waals surface area contributed by atoms with E-state index in [0.717, 1.165) is 30.0 Å². The minimum Gasteiger partial charge on any atom is -0.418 e. The van der Waals surface area contributed by atoms with Crippen LogP contribution in [0.1, 0.15) is 50.2 Å². The van der Waals surface area contributed by atoms with Gasteiger partial charge in [0.25, 0.3) is 5.89 Å². The Hall–Kier alpha value is -2.73. The van der Waals surface area contributed by atoms with Crippen LogP contribution < -0.4 is 5.73 Å². The molecular formula is C20H25N7O3S2. The van der Waals surface area contributed by atoms with Gasteiger partial charge in [-0.15, -0.1) is 31.7 Å². The van der Waals surface area contributed by atoms with Crippen molar-refractivity contribution in [3.05, 3.63) is 29.2 Å². The summed E-state index contributed by atoms with van der Waals surface area (Å²) in [6.07, 6.45) is 3.16. The lowest BCUT2D eigenvalue weighted by atomic mass is 10.3. The van der Waals surface area contributed by atoms with Gasteiger partial charge in [-0.2, -0.15) is 0 Å². The van der Waals surface area contributed by atoms with Gasteiger partial charge >= 0.3 is 0 Å². The molecule has 3 heterocycles. The quantitative estimate of drug-likeness (QED) is 0.395. The van der Waals surface area contributed by atoms with Gasteiger partial charge in [0.15, 0.2) is 5.16 Å². The Bertz CT molecular complexity index is 1060. The van der Waals surface area contributed by atoms with Crippen molar-refractivity contribution in [1.82, 2.24) is 29.9 Å². The SMILES string of the molecule is CCCN(Cc1nnc(-c2cccs2)o1)C(=O)CSc1nnc(C2CC2)n1CCC(N)=O. The number of aromatic nitrogens is 5. The zero-order valence-electron chi connectivity index (χ0n) is 17.8. The minimum atomic E-state index is -0.372. The topological polar surface area (TPSA) is 133 Å². The van der Waals surface area contributed by atoms with Gasteiger partial charge in [0.1, 0.15) is 5.82 Å². The summed E-state index contributed by atoms with van der Waals surface area (Å²) in [7, 11) is 0. The summed E-state index contributed by atoms with van der Waals surface area (Å²) < 4.78 is 7.67. The molecule has 0 aliphatic heterocycles. The summed E-state index contributed by atoms with van der Waals surface area (Å²) in [6, 6.07) is 3.84. The largest absolute Gasteiger partial charge is 0.418 e. The molecule has 3 aromatic heterocycles. The molecular weight excluding hydrogens is 450 g/mol. The maximum atomic E-state index is 13.0. The third-order valence-corrected chi connectivity index (χ3v) is 6.78. The van der Waals surface area contributed by atoms with Crippen LogP contribution >= 0.6 is 23.1 Å². The van der Waals surface area contributed by atoms with Crippen LogP contribution in [-0.4, -0.2) is 54.0 Å². The van der Waals surface area contributed by atoms with Gasteiger partial charge in [0.05, 0.1) is 17.2 Å². The molecule has 2 N–H and O–H groups in total. The second kappa shape index (κ2) is 10.3. The molecule has 1 aliphatic rings. The normalized spacial score (nSPS) is 13.4. The molecule has 0 saturated heterocycles. The van der Waals surface area contributed by atoms with Gasteiger partial charge in [0, 0.05) is 25.4 Å². The van der Waals surface area contributed by atoms with Gasteiger partial charge < -0.3 is 19.6 Å². The van der Waals surface area contributed by atoms with E-state index in [0.29, 0.717) is 35.9 Å². The zero-order chi connectivity index (χ0) is 22.5. The number of rotatable bonds is 12. The van der Waals surface area contributed by atoms with Crippen LogP contribution in [0.3, 0.4) is 0 Å². The Morgan fingerprint density at radius 2 is 2.16 bits per heavy atom. The lowest BCUT2D eigenvalue weighted by Crippen LogP contribution is -2.33. The molecule has 0 aromatic carbocycles. The average molecular weight is 476 g/mol. The fraction of sp³-hybridized carbons (Fsp3) is 0.500. The Kier molecular flexibility index (Phi) is 7.20. The van der Waals surface area contributed by atoms with Gasteiger partial charge in [-0.25, -0.2) is 0 Å². The fourth-order valence-corrected chi connectivity index (χ4v) is 4.76. The number of amides is 2. The van der Waals surface area contributed by atoms with E-state index in [1.54, 1.807) is 4.90 Å². The number of thioether (sulfide) groups is 1. The standard InChI is InChI=1S/C20H25N7O3S2/c1-2-8-26(11-16-22-24-19(30-16)14-4-3-10-31-14)17(29)12-32-20-25-23-18(13-5-6-13)27(20)9-7-15(21)28/h3-4,10,13H,2,5-9,11-12H2,1H3,(H2,21,28). The van der Waals surface area contributed by atoms with Crippen LogP contribution in [0.25, 0.3) is 10.8 Å². The maximum absolute atomic E-state index is 13.0. The van der Waals surface area contributed by atoms with E-state index in [1.807, 2.05) is 29.0 Å². The first-order chi connectivity index (χ1) is 15.5. The Labute approximate surface area is 193 Å². The van der Waals surface area contributed by atoms with Gasteiger partial charge in [-0.3, -0.25) is 9.59 Å². The number of hydrogen-bond acceptors (Lipinski definition) is 9. The molecule has 1 aliphatic carbocycles. The molecule has 0 atom stereocenters. The third kappa shape index (κ3) is 5.54. The smallest absolute Gasteiger partial charge is 0.257 e. The highest BCUT2D eigenvalue weighted by Crippen LogP contribution is 2.40. The van der Waals surface area contributed by atoms with E-state index >= 15 is 0 Å². The predicted octanol–water partition coefficient (Wildman–Crippen LogP) is 2.67.